The molecule has 0 bridgehead atoms. The van der Waals surface area contributed by atoms with Crippen LogP contribution in [0.5, 0.6) is 0 Å². The Morgan fingerprint density at radius 1 is 1.58 bits per heavy atom. The van der Waals surface area contributed by atoms with Gasteiger partial charge in [0.25, 0.3) is 0 Å². The minimum atomic E-state index is -1.05. The Morgan fingerprint density at radius 3 is 2.89 bits per heavy atom. The molecule has 1 aliphatic rings. The van der Waals surface area contributed by atoms with Gasteiger partial charge in [-0.3, -0.25) is 0 Å². The number of carboxylic acids is 1. The molecule has 1 aromatic rings. The van der Waals surface area contributed by atoms with Gasteiger partial charge in [-0.2, -0.15) is 0 Å². The SMILES string of the molecule is CCCN1CCC(NCc2cc(C(=O)O)no2)CC1. The smallest absolute Gasteiger partial charge is 0.358 e. The van der Waals surface area contributed by atoms with Crippen molar-refractivity contribution in [3.8, 4) is 0 Å². The number of aromatic carboxylic acids is 1. The number of likely N-dealkylation sites (tertiary alicyclic amines) is 1. The first-order valence-electron chi connectivity index (χ1n) is 6.83. The number of nitrogens with one attached hydrogen (secondary N) is 1. The lowest BCUT2D eigenvalue weighted by Crippen LogP contribution is -2.42. The van der Waals surface area contributed by atoms with Crippen molar-refractivity contribution in [1.82, 2.24) is 15.4 Å². The summed E-state index contributed by atoms with van der Waals surface area (Å²) in [4.78, 5) is 13.2. The minimum absolute atomic E-state index is 0.0328. The first-order chi connectivity index (χ1) is 9.19. The van der Waals surface area contributed by atoms with Gasteiger partial charge in [-0.05, 0) is 38.9 Å². The van der Waals surface area contributed by atoms with Crippen molar-refractivity contribution in [2.24, 2.45) is 0 Å². The van der Waals surface area contributed by atoms with Crippen molar-refractivity contribution in [3.63, 3.8) is 0 Å². The van der Waals surface area contributed by atoms with Crippen molar-refractivity contribution in [3.05, 3.63) is 17.5 Å². The number of nitrogens with zero attached hydrogens (tertiary/aromatic N) is 2. The number of aromatic nitrogens is 1. The van der Waals surface area contributed by atoms with Crippen LogP contribution >= 0.6 is 0 Å². The lowest BCUT2D eigenvalue weighted by atomic mass is 10.0. The number of hydrogen-bond donors (Lipinski definition) is 2. The molecule has 1 fully saturated rings. The van der Waals surface area contributed by atoms with Gasteiger partial charge in [0.1, 0.15) is 0 Å². The molecule has 0 spiro atoms. The zero-order valence-electron chi connectivity index (χ0n) is 11.3. The van der Waals surface area contributed by atoms with Gasteiger partial charge in [0.05, 0.1) is 6.54 Å². The van der Waals surface area contributed by atoms with Crippen LogP contribution in [0.1, 0.15) is 42.4 Å². The largest absolute Gasteiger partial charge is 0.476 e. The molecule has 0 unspecified atom stereocenters. The van der Waals surface area contributed by atoms with Gasteiger partial charge in [-0.25, -0.2) is 4.79 Å². The van der Waals surface area contributed by atoms with Gasteiger partial charge in [0, 0.05) is 12.1 Å². The Kier molecular flexibility index (Phi) is 4.93. The Hall–Kier alpha value is -1.40. The Morgan fingerprint density at radius 2 is 2.32 bits per heavy atom. The van der Waals surface area contributed by atoms with Crippen LogP contribution < -0.4 is 5.32 Å². The van der Waals surface area contributed by atoms with E-state index >= 15 is 0 Å². The molecule has 0 aliphatic carbocycles. The lowest BCUT2D eigenvalue weighted by molar-refractivity contribution is 0.0685. The summed E-state index contributed by atoms with van der Waals surface area (Å²) in [5, 5.41) is 15.6. The average Bonchev–Trinajstić information content (AvgIpc) is 2.87. The molecule has 0 atom stereocenters. The summed E-state index contributed by atoms with van der Waals surface area (Å²) in [6.07, 6.45) is 3.45. The number of rotatable bonds is 6. The third-order valence-electron chi connectivity index (χ3n) is 3.47. The first kappa shape index (κ1) is 14.0. The highest BCUT2D eigenvalue weighted by molar-refractivity contribution is 5.85. The molecule has 2 N–H and O–H groups in total. The van der Waals surface area contributed by atoms with Crippen molar-refractivity contribution in [2.75, 3.05) is 19.6 Å². The quantitative estimate of drug-likeness (QED) is 0.809. The number of carboxylic acid groups (broad SMARTS) is 1. The van der Waals surface area contributed by atoms with E-state index in [2.05, 4.69) is 22.3 Å². The van der Waals surface area contributed by atoms with Crippen LogP contribution in [0.25, 0.3) is 0 Å². The van der Waals surface area contributed by atoms with Crippen molar-refractivity contribution < 1.29 is 14.4 Å². The summed E-state index contributed by atoms with van der Waals surface area (Å²) >= 11 is 0. The van der Waals surface area contributed by atoms with Crippen LogP contribution in [0.4, 0.5) is 0 Å². The van der Waals surface area contributed by atoms with Crippen LogP contribution in [0, 0.1) is 0 Å². The molecule has 0 radical (unpaired) electrons. The molecule has 0 aromatic carbocycles. The normalized spacial score (nSPS) is 17.7. The average molecular weight is 267 g/mol. The fourth-order valence-electron chi connectivity index (χ4n) is 2.42. The topological polar surface area (TPSA) is 78.6 Å². The summed E-state index contributed by atoms with van der Waals surface area (Å²) in [7, 11) is 0. The van der Waals surface area contributed by atoms with Crippen LogP contribution in [0.2, 0.25) is 0 Å². The van der Waals surface area contributed by atoms with Crippen LogP contribution in [0.3, 0.4) is 0 Å². The number of hydrogen-bond acceptors (Lipinski definition) is 5. The minimum Gasteiger partial charge on any atom is -0.476 e. The Labute approximate surface area is 112 Å². The molecule has 1 saturated heterocycles. The van der Waals surface area contributed by atoms with E-state index in [4.69, 9.17) is 9.63 Å². The van der Waals surface area contributed by atoms with Crippen molar-refractivity contribution in [2.45, 2.75) is 38.8 Å². The van der Waals surface area contributed by atoms with Gasteiger partial charge < -0.3 is 19.8 Å². The van der Waals surface area contributed by atoms with E-state index in [0.717, 1.165) is 25.9 Å². The molecule has 0 amide bonds. The second-order valence-electron chi connectivity index (χ2n) is 4.98. The molecule has 6 heteroatoms. The molecule has 19 heavy (non-hydrogen) atoms. The van der Waals surface area contributed by atoms with E-state index in [0.29, 0.717) is 18.3 Å². The summed E-state index contributed by atoms with van der Waals surface area (Å²) in [6.45, 7) is 6.17. The molecule has 2 heterocycles. The van der Waals surface area contributed by atoms with Crippen LogP contribution in [0.15, 0.2) is 10.6 Å². The predicted molar refractivity (Wildman–Crippen MR) is 70.1 cm³/mol. The summed E-state index contributed by atoms with van der Waals surface area (Å²) in [6, 6.07) is 1.95. The van der Waals surface area contributed by atoms with Gasteiger partial charge in [-0.1, -0.05) is 12.1 Å². The highest BCUT2D eigenvalue weighted by atomic mass is 16.5. The second kappa shape index (κ2) is 6.68. The zero-order chi connectivity index (χ0) is 13.7. The maximum atomic E-state index is 10.7. The molecular formula is C13H21N3O3. The Bertz CT molecular complexity index is 411. The van der Waals surface area contributed by atoms with E-state index < -0.39 is 5.97 Å². The number of carbonyl (C=O) groups is 1. The van der Waals surface area contributed by atoms with Gasteiger partial charge in [-0.15, -0.1) is 0 Å². The fourth-order valence-corrected chi connectivity index (χ4v) is 2.42. The highest BCUT2D eigenvalue weighted by Gasteiger charge is 2.18. The second-order valence-corrected chi connectivity index (χ2v) is 4.98. The predicted octanol–water partition coefficient (Wildman–Crippen LogP) is 1.34. The molecular weight excluding hydrogens is 246 g/mol. The molecule has 1 aromatic heterocycles. The standard InChI is InChI=1S/C13H21N3O3/c1-2-5-16-6-3-10(4-7-16)14-9-11-8-12(13(17)18)15-19-11/h8,10,14H,2-7,9H2,1H3,(H,17,18). The van der Waals surface area contributed by atoms with Gasteiger partial charge in [0.15, 0.2) is 11.5 Å². The molecule has 2 rings (SSSR count). The van der Waals surface area contributed by atoms with Crippen molar-refractivity contribution >= 4 is 5.97 Å². The summed E-state index contributed by atoms with van der Waals surface area (Å²) < 4.78 is 4.97. The van der Waals surface area contributed by atoms with Gasteiger partial charge in [0.2, 0.25) is 0 Å². The third kappa shape index (κ3) is 4.04. The molecule has 0 saturated carbocycles. The van der Waals surface area contributed by atoms with E-state index in [1.807, 2.05) is 0 Å². The molecule has 1 aliphatic heterocycles. The van der Waals surface area contributed by atoms with Crippen LogP contribution in [-0.4, -0.2) is 46.8 Å². The Balaban J connectivity index is 1.72. The highest BCUT2D eigenvalue weighted by Crippen LogP contribution is 2.12. The fraction of sp³-hybridized carbons (Fsp3) is 0.692. The van der Waals surface area contributed by atoms with Crippen LogP contribution in [-0.2, 0) is 6.54 Å². The van der Waals surface area contributed by atoms with E-state index in [-0.39, 0.29) is 5.69 Å². The zero-order valence-corrected chi connectivity index (χ0v) is 11.3. The molecule has 6 nitrogen and oxygen atoms in total. The lowest BCUT2D eigenvalue weighted by Gasteiger charge is -2.31. The monoisotopic (exact) mass is 267 g/mol. The summed E-state index contributed by atoms with van der Waals surface area (Å²) in [5.41, 5.74) is -0.0328. The third-order valence-corrected chi connectivity index (χ3v) is 3.47. The van der Waals surface area contributed by atoms with E-state index in [1.165, 1.54) is 19.0 Å². The van der Waals surface area contributed by atoms with Gasteiger partial charge >= 0.3 is 5.97 Å². The summed E-state index contributed by atoms with van der Waals surface area (Å²) in [5.74, 6) is -0.476. The maximum absolute atomic E-state index is 10.7. The number of piperidine rings is 1. The molecule has 106 valence electrons. The first-order valence-corrected chi connectivity index (χ1v) is 6.83. The maximum Gasteiger partial charge on any atom is 0.358 e. The van der Waals surface area contributed by atoms with Crippen molar-refractivity contribution in [1.29, 1.82) is 0 Å². The van der Waals surface area contributed by atoms with E-state index in [1.54, 1.807) is 0 Å². The van der Waals surface area contributed by atoms with E-state index in [9.17, 15) is 4.79 Å².